The van der Waals surface area contributed by atoms with Crippen molar-refractivity contribution in [2.45, 2.75) is 45.8 Å². The van der Waals surface area contributed by atoms with Crippen LogP contribution < -0.4 is 5.32 Å². The maximum Gasteiger partial charge on any atom is 0.408 e. The van der Waals surface area contributed by atoms with Crippen molar-refractivity contribution in [3.8, 4) is 0 Å². The van der Waals surface area contributed by atoms with Gasteiger partial charge in [-0.3, -0.25) is 9.63 Å². The van der Waals surface area contributed by atoms with Crippen molar-refractivity contribution in [3.63, 3.8) is 0 Å². The van der Waals surface area contributed by atoms with Crippen LogP contribution in [0.1, 0.15) is 31.9 Å². The largest absolute Gasteiger partial charge is 0.444 e. The van der Waals surface area contributed by atoms with Gasteiger partial charge in [-0.15, -0.1) is 0 Å². The summed E-state index contributed by atoms with van der Waals surface area (Å²) in [4.78, 5) is 29.3. The summed E-state index contributed by atoms with van der Waals surface area (Å²) in [5, 5.41) is 3.72. The van der Waals surface area contributed by atoms with E-state index in [1.54, 1.807) is 20.8 Å². The molecule has 0 aliphatic heterocycles. The molecule has 1 aromatic carbocycles. The van der Waals surface area contributed by atoms with E-state index < -0.39 is 17.7 Å². The van der Waals surface area contributed by atoms with Crippen LogP contribution in [0.3, 0.4) is 0 Å². The molecule has 6 nitrogen and oxygen atoms in total. The number of alkyl carbamates (subject to hydrolysis) is 1. The molecule has 0 aliphatic rings. The van der Waals surface area contributed by atoms with Crippen molar-refractivity contribution < 1.29 is 19.2 Å². The van der Waals surface area contributed by atoms with Gasteiger partial charge in [-0.1, -0.05) is 29.8 Å². The number of amides is 2. The van der Waals surface area contributed by atoms with E-state index in [2.05, 4.69) is 5.32 Å². The number of carbonyl (C=O) groups is 2. The van der Waals surface area contributed by atoms with E-state index in [-0.39, 0.29) is 5.91 Å². The second-order valence-corrected chi connectivity index (χ2v) is 6.41. The van der Waals surface area contributed by atoms with E-state index in [9.17, 15) is 9.59 Å². The lowest BCUT2D eigenvalue weighted by atomic mass is 10.0. The highest BCUT2D eigenvalue weighted by Crippen LogP contribution is 2.11. The SMILES string of the molecule is CON(C)C(=O)[C@@H](Cc1cccc(C)c1)NC(=O)OC(C)(C)C. The van der Waals surface area contributed by atoms with Gasteiger partial charge in [0, 0.05) is 13.5 Å². The van der Waals surface area contributed by atoms with Crippen molar-refractivity contribution in [1.82, 2.24) is 10.4 Å². The maximum absolute atomic E-state index is 12.4. The Morgan fingerprint density at radius 3 is 2.48 bits per heavy atom. The molecule has 128 valence electrons. The Labute approximate surface area is 137 Å². The standard InChI is InChI=1S/C17H26N2O4/c1-12-8-7-9-13(10-12)11-14(15(20)19(5)22-6)18-16(21)23-17(2,3)4/h7-10,14H,11H2,1-6H3,(H,18,21)/t14-/m1/s1. The van der Waals surface area contributed by atoms with Gasteiger partial charge in [-0.05, 0) is 33.3 Å². The summed E-state index contributed by atoms with van der Waals surface area (Å²) < 4.78 is 5.23. The maximum atomic E-state index is 12.4. The molecule has 6 heteroatoms. The highest BCUT2D eigenvalue weighted by molar-refractivity contribution is 5.85. The van der Waals surface area contributed by atoms with E-state index in [0.717, 1.165) is 16.2 Å². The number of nitrogens with one attached hydrogen (secondary N) is 1. The first-order chi connectivity index (χ1) is 10.6. The molecule has 23 heavy (non-hydrogen) atoms. The Hall–Kier alpha value is -2.08. The van der Waals surface area contributed by atoms with Crippen molar-refractivity contribution in [3.05, 3.63) is 35.4 Å². The molecule has 0 heterocycles. The van der Waals surface area contributed by atoms with Crippen LogP contribution in [-0.2, 0) is 20.8 Å². The number of hydrogen-bond acceptors (Lipinski definition) is 4. The summed E-state index contributed by atoms with van der Waals surface area (Å²) in [6.45, 7) is 7.28. The minimum atomic E-state index is -0.767. The second kappa shape index (κ2) is 7.97. The van der Waals surface area contributed by atoms with Gasteiger partial charge in [-0.25, -0.2) is 9.86 Å². The van der Waals surface area contributed by atoms with Gasteiger partial charge in [0.05, 0.1) is 7.11 Å². The molecule has 0 spiro atoms. The van der Waals surface area contributed by atoms with Crippen LogP contribution in [0.25, 0.3) is 0 Å². The number of aryl methyl sites for hydroxylation is 1. The van der Waals surface area contributed by atoms with E-state index in [1.807, 2.05) is 31.2 Å². The van der Waals surface area contributed by atoms with Crippen LogP contribution in [-0.4, -0.2) is 42.9 Å². The molecular weight excluding hydrogens is 296 g/mol. The normalized spacial score (nSPS) is 12.4. The van der Waals surface area contributed by atoms with Gasteiger partial charge in [0.15, 0.2) is 0 Å². The molecule has 0 aliphatic carbocycles. The quantitative estimate of drug-likeness (QED) is 0.846. The Morgan fingerprint density at radius 1 is 1.30 bits per heavy atom. The monoisotopic (exact) mass is 322 g/mol. The molecular formula is C17H26N2O4. The molecule has 1 atom stereocenters. The number of carbonyl (C=O) groups excluding carboxylic acids is 2. The molecule has 0 fully saturated rings. The fraction of sp³-hybridized carbons (Fsp3) is 0.529. The molecule has 0 aromatic heterocycles. The first-order valence-electron chi connectivity index (χ1n) is 7.49. The van der Waals surface area contributed by atoms with Crippen molar-refractivity contribution in [1.29, 1.82) is 0 Å². The van der Waals surface area contributed by atoms with Crippen LogP contribution in [0.15, 0.2) is 24.3 Å². The van der Waals surface area contributed by atoms with Crippen LogP contribution in [0.4, 0.5) is 4.79 Å². The average molecular weight is 322 g/mol. The molecule has 0 radical (unpaired) electrons. The molecule has 0 unspecified atom stereocenters. The fourth-order valence-electron chi connectivity index (χ4n) is 2.03. The number of hydroxylamine groups is 2. The summed E-state index contributed by atoms with van der Waals surface area (Å²) in [7, 11) is 2.90. The third kappa shape index (κ3) is 6.69. The van der Waals surface area contributed by atoms with E-state index >= 15 is 0 Å². The summed E-state index contributed by atoms with van der Waals surface area (Å²) in [6, 6.07) is 7.01. The van der Waals surface area contributed by atoms with Crippen molar-refractivity contribution in [2.75, 3.05) is 14.2 Å². The highest BCUT2D eigenvalue weighted by Gasteiger charge is 2.27. The Bertz CT molecular complexity index is 552. The van der Waals surface area contributed by atoms with E-state index in [0.29, 0.717) is 6.42 Å². The van der Waals surface area contributed by atoms with E-state index in [1.165, 1.54) is 14.2 Å². The van der Waals surface area contributed by atoms with Gasteiger partial charge in [0.25, 0.3) is 5.91 Å². The van der Waals surface area contributed by atoms with Gasteiger partial charge < -0.3 is 10.1 Å². The highest BCUT2D eigenvalue weighted by atomic mass is 16.7. The van der Waals surface area contributed by atoms with Crippen LogP contribution in [0, 0.1) is 6.92 Å². The zero-order chi connectivity index (χ0) is 17.6. The molecule has 2 amide bonds. The first-order valence-corrected chi connectivity index (χ1v) is 7.49. The summed E-state index contributed by atoms with van der Waals surface area (Å²) in [5.74, 6) is -0.347. The lowest BCUT2D eigenvalue weighted by Gasteiger charge is -2.25. The minimum absolute atomic E-state index is 0.347. The Morgan fingerprint density at radius 2 is 1.96 bits per heavy atom. The number of rotatable bonds is 5. The number of benzene rings is 1. The van der Waals surface area contributed by atoms with Crippen LogP contribution in [0.5, 0.6) is 0 Å². The molecule has 0 saturated carbocycles. The molecule has 0 saturated heterocycles. The third-order valence-corrected chi connectivity index (χ3v) is 3.10. The molecule has 1 N–H and O–H groups in total. The zero-order valence-corrected chi connectivity index (χ0v) is 14.7. The predicted molar refractivity (Wildman–Crippen MR) is 87.8 cm³/mol. The van der Waals surface area contributed by atoms with Gasteiger partial charge in [0.2, 0.25) is 0 Å². The predicted octanol–water partition coefficient (Wildman–Crippen LogP) is 2.45. The lowest BCUT2D eigenvalue weighted by Crippen LogP contribution is -2.49. The summed E-state index contributed by atoms with van der Waals surface area (Å²) >= 11 is 0. The fourth-order valence-corrected chi connectivity index (χ4v) is 2.03. The number of ether oxygens (including phenoxy) is 1. The Balaban J connectivity index is 2.89. The first kappa shape index (κ1) is 19.0. The van der Waals surface area contributed by atoms with Crippen molar-refractivity contribution >= 4 is 12.0 Å². The number of nitrogens with zero attached hydrogens (tertiary/aromatic N) is 1. The third-order valence-electron chi connectivity index (χ3n) is 3.10. The Kier molecular flexibility index (Phi) is 6.57. The minimum Gasteiger partial charge on any atom is -0.444 e. The summed E-state index contributed by atoms with van der Waals surface area (Å²) in [5.41, 5.74) is 1.41. The van der Waals surface area contributed by atoms with Crippen molar-refractivity contribution in [2.24, 2.45) is 0 Å². The molecule has 1 rings (SSSR count). The second-order valence-electron chi connectivity index (χ2n) is 6.41. The van der Waals surface area contributed by atoms with Crippen LogP contribution >= 0.6 is 0 Å². The summed E-state index contributed by atoms with van der Waals surface area (Å²) in [6.07, 6.45) is -0.277. The van der Waals surface area contributed by atoms with E-state index in [4.69, 9.17) is 9.57 Å². The lowest BCUT2D eigenvalue weighted by molar-refractivity contribution is -0.171. The molecule has 0 bridgehead atoms. The van der Waals surface area contributed by atoms with Gasteiger partial charge in [0.1, 0.15) is 11.6 Å². The van der Waals surface area contributed by atoms with Gasteiger partial charge in [-0.2, -0.15) is 0 Å². The van der Waals surface area contributed by atoms with Crippen LogP contribution in [0.2, 0.25) is 0 Å². The smallest absolute Gasteiger partial charge is 0.408 e. The zero-order valence-electron chi connectivity index (χ0n) is 14.7. The average Bonchev–Trinajstić information content (AvgIpc) is 2.43. The van der Waals surface area contributed by atoms with Gasteiger partial charge >= 0.3 is 6.09 Å². The number of likely N-dealkylation sites (N-methyl/N-ethyl adjacent to an activating group) is 1. The number of hydrogen-bond donors (Lipinski definition) is 1. The molecule has 1 aromatic rings. The topological polar surface area (TPSA) is 67.9 Å².